The molecule has 0 heterocycles. The molecule has 0 saturated carbocycles. The van der Waals surface area contributed by atoms with Crippen LogP contribution in [0.15, 0.2) is 66.7 Å². The molecular weight excluding hydrogens is 408 g/mol. The number of hydrogen-bond acceptors (Lipinski definition) is 5. The molecule has 1 amide bonds. The maximum Gasteiger partial charge on any atom is 0.335 e. The van der Waals surface area contributed by atoms with E-state index < -0.39 is 5.97 Å². The van der Waals surface area contributed by atoms with Crippen LogP contribution in [0, 0.1) is 6.92 Å². The number of aromatic carboxylic acids is 1. The van der Waals surface area contributed by atoms with Crippen LogP contribution in [0.4, 0.5) is 5.69 Å². The maximum atomic E-state index is 12.3. The van der Waals surface area contributed by atoms with Gasteiger partial charge in [-0.25, -0.2) is 4.79 Å². The lowest BCUT2D eigenvalue weighted by atomic mass is 10.1. The summed E-state index contributed by atoms with van der Waals surface area (Å²) in [6, 6.07) is 19.8. The maximum absolute atomic E-state index is 12.3. The number of carboxylic acid groups (broad SMARTS) is 1. The first-order valence-corrected chi connectivity index (χ1v) is 10.1. The highest BCUT2D eigenvalue weighted by atomic mass is 16.5. The van der Waals surface area contributed by atoms with Crippen molar-refractivity contribution in [3.63, 3.8) is 0 Å². The molecule has 0 fully saturated rings. The van der Waals surface area contributed by atoms with Gasteiger partial charge in [0.15, 0.2) is 18.1 Å². The standard InChI is InChI=1S/C25H26N2O5/c1-17-6-12-21(13-7-17)27-23(28)16-32-24-20(4-3-5-22(24)31-2)15-26-14-18-8-10-19(11-9-18)25(29)30/h3-13,26H,14-16H2,1-2H3,(H,27,28)(H,29,30). The van der Waals surface area contributed by atoms with Gasteiger partial charge in [-0.2, -0.15) is 0 Å². The molecule has 0 aromatic heterocycles. The Bertz CT molecular complexity index is 1060. The van der Waals surface area contributed by atoms with Crippen molar-refractivity contribution in [2.45, 2.75) is 20.0 Å². The summed E-state index contributed by atoms with van der Waals surface area (Å²) in [4.78, 5) is 23.3. The Balaban J connectivity index is 1.60. The Kier molecular flexibility index (Phi) is 7.83. The van der Waals surface area contributed by atoms with E-state index in [0.717, 1.165) is 16.7 Å². The molecule has 0 atom stereocenters. The normalized spacial score (nSPS) is 10.4. The van der Waals surface area contributed by atoms with Crippen LogP contribution in [0.2, 0.25) is 0 Å². The smallest absolute Gasteiger partial charge is 0.335 e. The van der Waals surface area contributed by atoms with Gasteiger partial charge in [0.05, 0.1) is 12.7 Å². The number of rotatable bonds is 10. The first-order chi connectivity index (χ1) is 15.5. The number of benzene rings is 3. The second-order valence-corrected chi connectivity index (χ2v) is 7.26. The monoisotopic (exact) mass is 434 g/mol. The first kappa shape index (κ1) is 22.8. The van der Waals surface area contributed by atoms with Gasteiger partial charge >= 0.3 is 5.97 Å². The van der Waals surface area contributed by atoms with E-state index >= 15 is 0 Å². The number of aryl methyl sites for hydroxylation is 1. The molecule has 7 heteroatoms. The fourth-order valence-electron chi connectivity index (χ4n) is 3.10. The Hall–Kier alpha value is -3.84. The fourth-order valence-corrected chi connectivity index (χ4v) is 3.10. The third-order valence-corrected chi connectivity index (χ3v) is 4.81. The molecule has 0 aliphatic heterocycles. The van der Waals surface area contributed by atoms with Crippen molar-refractivity contribution in [2.75, 3.05) is 19.0 Å². The second kappa shape index (κ2) is 11.0. The minimum absolute atomic E-state index is 0.155. The quantitative estimate of drug-likeness (QED) is 0.446. The van der Waals surface area contributed by atoms with E-state index in [-0.39, 0.29) is 18.1 Å². The van der Waals surface area contributed by atoms with Crippen molar-refractivity contribution in [2.24, 2.45) is 0 Å². The van der Waals surface area contributed by atoms with Gasteiger partial charge in [0.25, 0.3) is 5.91 Å². The topological polar surface area (TPSA) is 96.9 Å². The van der Waals surface area contributed by atoms with Gasteiger partial charge in [-0.15, -0.1) is 0 Å². The fraction of sp³-hybridized carbons (Fsp3) is 0.200. The second-order valence-electron chi connectivity index (χ2n) is 7.26. The highest BCUT2D eigenvalue weighted by molar-refractivity contribution is 5.92. The summed E-state index contributed by atoms with van der Waals surface area (Å²) in [6.45, 7) is 2.85. The zero-order valence-electron chi connectivity index (χ0n) is 18.1. The van der Waals surface area contributed by atoms with Crippen LogP contribution in [0.25, 0.3) is 0 Å². The lowest BCUT2D eigenvalue weighted by Crippen LogP contribution is -2.21. The summed E-state index contributed by atoms with van der Waals surface area (Å²) in [5.74, 6) is -0.174. The van der Waals surface area contributed by atoms with Crippen LogP contribution in [-0.2, 0) is 17.9 Å². The third-order valence-electron chi connectivity index (χ3n) is 4.81. The molecule has 3 aromatic carbocycles. The van der Waals surface area contributed by atoms with E-state index in [0.29, 0.717) is 30.3 Å². The largest absolute Gasteiger partial charge is 0.493 e. The van der Waals surface area contributed by atoms with E-state index in [1.54, 1.807) is 37.4 Å². The summed E-state index contributed by atoms with van der Waals surface area (Å²) < 4.78 is 11.2. The Morgan fingerprint density at radius 2 is 1.66 bits per heavy atom. The average Bonchev–Trinajstić information content (AvgIpc) is 2.79. The van der Waals surface area contributed by atoms with Gasteiger partial charge in [0.2, 0.25) is 0 Å². The van der Waals surface area contributed by atoms with Crippen molar-refractivity contribution in [1.82, 2.24) is 5.32 Å². The molecule has 0 unspecified atom stereocenters. The number of carbonyl (C=O) groups excluding carboxylic acids is 1. The molecule has 32 heavy (non-hydrogen) atoms. The van der Waals surface area contributed by atoms with E-state index in [1.807, 2.05) is 43.3 Å². The minimum atomic E-state index is -0.950. The molecule has 0 aliphatic carbocycles. The number of carbonyl (C=O) groups is 2. The molecule has 0 bridgehead atoms. The predicted octanol–water partition coefficient (Wildman–Crippen LogP) is 4.01. The number of ether oxygens (including phenoxy) is 2. The van der Waals surface area contributed by atoms with Gasteiger partial charge in [0.1, 0.15) is 0 Å². The molecular formula is C25H26N2O5. The molecule has 3 aromatic rings. The van der Waals surface area contributed by atoms with Crippen LogP contribution in [-0.4, -0.2) is 30.7 Å². The number of para-hydroxylation sites is 1. The van der Waals surface area contributed by atoms with E-state index in [9.17, 15) is 9.59 Å². The van der Waals surface area contributed by atoms with Crippen molar-refractivity contribution in [3.05, 3.63) is 89.0 Å². The van der Waals surface area contributed by atoms with E-state index in [1.165, 1.54) is 0 Å². The third kappa shape index (κ3) is 6.33. The number of hydrogen-bond donors (Lipinski definition) is 3. The number of methoxy groups -OCH3 is 1. The van der Waals surface area contributed by atoms with E-state index in [2.05, 4.69) is 10.6 Å². The van der Waals surface area contributed by atoms with Crippen LogP contribution in [0.5, 0.6) is 11.5 Å². The highest BCUT2D eigenvalue weighted by Gasteiger charge is 2.13. The Morgan fingerprint density at radius 1 is 0.938 bits per heavy atom. The summed E-state index contributed by atoms with van der Waals surface area (Å²) in [6.07, 6.45) is 0. The number of anilines is 1. The Labute approximate surface area is 187 Å². The SMILES string of the molecule is COc1cccc(CNCc2ccc(C(=O)O)cc2)c1OCC(=O)Nc1ccc(C)cc1. The summed E-state index contributed by atoms with van der Waals surface area (Å²) in [7, 11) is 1.55. The molecule has 3 rings (SSSR count). The molecule has 7 nitrogen and oxygen atoms in total. The van der Waals surface area contributed by atoms with Crippen molar-refractivity contribution in [1.29, 1.82) is 0 Å². The zero-order valence-corrected chi connectivity index (χ0v) is 18.1. The van der Waals surface area contributed by atoms with Crippen LogP contribution in [0.1, 0.15) is 27.0 Å². The first-order valence-electron chi connectivity index (χ1n) is 10.1. The van der Waals surface area contributed by atoms with E-state index in [4.69, 9.17) is 14.6 Å². The lowest BCUT2D eigenvalue weighted by Gasteiger charge is -2.16. The van der Waals surface area contributed by atoms with Gasteiger partial charge < -0.3 is 25.2 Å². The van der Waals surface area contributed by atoms with Crippen molar-refractivity contribution >= 4 is 17.6 Å². The summed E-state index contributed by atoms with van der Waals surface area (Å²) in [5.41, 5.74) is 3.87. The van der Waals surface area contributed by atoms with Gasteiger partial charge in [-0.3, -0.25) is 4.79 Å². The molecule has 0 aliphatic rings. The zero-order chi connectivity index (χ0) is 22.9. The van der Waals surface area contributed by atoms with Gasteiger partial charge in [-0.05, 0) is 42.8 Å². The average molecular weight is 434 g/mol. The number of nitrogens with one attached hydrogen (secondary N) is 2. The summed E-state index contributed by atoms with van der Waals surface area (Å²) >= 11 is 0. The van der Waals surface area contributed by atoms with Crippen LogP contribution < -0.4 is 20.1 Å². The van der Waals surface area contributed by atoms with Crippen LogP contribution in [0.3, 0.4) is 0 Å². The number of carboxylic acids is 1. The van der Waals surface area contributed by atoms with Crippen molar-refractivity contribution in [3.8, 4) is 11.5 Å². The molecule has 0 spiro atoms. The lowest BCUT2D eigenvalue weighted by molar-refractivity contribution is -0.118. The van der Waals surface area contributed by atoms with Gasteiger partial charge in [-0.1, -0.05) is 42.0 Å². The molecule has 0 radical (unpaired) electrons. The highest BCUT2D eigenvalue weighted by Crippen LogP contribution is 2.31. The summed E-state index contributed by atoms with van der Waals surface area (Å²) in [5, 5.41) is 15.1. The van der Waals surface area contributed by atoms with Crippen LogP contribution >= 0.6 is 0 Å². The number of amides is 1. The predicted molar refractivity (Wildman–Crippen MR) is 122 cm³/mol. The molecule has 0 saturated heterocycles. The van der Waals surface area contributed by atoms with Crippen molar-refractivity contribution < 1.29 is 24.2 Å². The Morgan fingerprint density at radius 3 is 2.31 bits per heavy atom. The molecule has 166 valence electrons. The van der Waals surface area contributed by atoms with Gasteiger partial charge in [0, 0.05) is 24.3 Å². The minimum Gasteiger partial charge on any atom is -0.493 e. The molecule has 3 N–H and O–H groups in total.